The molecular weight excluding hydrogens is 314 g/mol. The van der Waals surface area contributed by atoms with Crippen LogP contribution >= 0.6 is 0 Å². The lowest BCUT2D eigenvalue weighted by Crippen LogP contribution is -2.56. The largest absolute Gasteiger partial charge is 0.493 e. The summed E-state index contributed by atoms with van der Waals surface area (Å²) in [5.74, 6) is 2.29. The van der Waals surface area contributed by atoms with Crippen LogP contribution in [0.2, 0.25) is 0 Å². The molecule has 4 saturated carbocycles. The lowest BCUT2D eigenvalue weighted by atomic mass is 9.47. The molecule has 5 aliphatic rings. The summed E-state index contributed by atoms with van der Waals surface area (Å²) >= 11 is 0. The number of fused-ring (bicyclic) bond motifs is 1. The van der Waals surface area contributed by atoms with Crippen LogP contribution in [0.4, 0.5) is 0 Å². The maximum atomic E-state index is 12.9. The van der Waals surface area contributed by atoms with E-state index in [0.29, 0.717) is 24.9 Å². The third-order valence-electron chi connectivity index (χ3n) is 6.98. The second-order valence-corrected chi connectivity index (χ2v) is 9.16. The zero-order chi connectivity index (χ0) is 17.1. The van der Waals surface area contributed by atoms with Gasteiger partial charge in [0.25, 0.3) is 0 Å². The van der Waals surface area contributed by atoms with E-state index in [-0.39, 0.29) is 17.4 Å². The first-order valence-corrected chi connectivity index (χ1v) is 9.76. The topological polar surface area (TPSA) is 58.6 Å². The van der Waals surface area contributed by atoms with Crippen molar-refractivity contribution < 1.29 is 14.6 Å². The SMILES string of the molecule is O=C(CC12CC3CC(CC(O)(C3)C1)C2)NC1CCOc2ccccc21. The van der Waals surface area contributed by atoms with E-state index in [1.165, 1.54) is 6.42 Å². The van der Waals surface area contributed by atoms with Gasteiger partial charge >= 0.3 is 0 Å². The van der Waals surface area contributed by atoms with Crippen LogP contribution in [0, 0.1) is 17.3 Å². The van der Waals surface area contributed by atoms with Crippen molar-refractivity contribution in [3.63, 3.8) is 0 Å². The van der Waals surface area contributed by atoms with Crippen molar-refractivity contribution in [3.8, 4) is 5.75 Å². The van der Waals surface area contributed by atoms with Gasteiger partial charge in [-0.25, -0.2) is 0 Å². The van der Waals surface area contributed by atoms with Gasteiger partial charge in [0.05, 0.1) is 18.2 Å². The summed E-state index contributed by atoms with van der Waals surface area (Å²) in [4.78, 5) is 12.9. The number of rotatable bonds is 3. The molecular formula is C21H27NO3. The molecule has 4 fully saturated rings. The Bertz CT molecular complexity index is 686. The summed E-state index contributed by atoms with van der Waals surface area (Å²) in [5.41, 5.74) is 0.634. The van der Waals surface area contributed by atoms with Crippen LogP contribution in [-0.2, 0) is 4.79 Å². The average Bonchev–Trinajstić information content (AvgIpc) is 2.52. The molecule has 1 aromatic carbocycles. The Labute approximate surface area is 149 Å². The quantitative estimate of drug-likeness (QED) is 0.886. The number of aliphatic hydroxyl groups is 1. The number of para-hydroxylation sites is 1. The Kier molecular flexibility index (Phi) is 3.43. The Morgan fingerprint density at radius 1 is 1.20 bits per heavy atom. The van der Waals surface area contributed by atoms with Gasteiger partial charge in [-0.1, -0.05) is 18.2 Å². The fourth-order valence-electron chi connectivity index (χ4n) is 6.69. The van der Waals surface area contributed by atoms with Gasteiger partial charge in [-0.2, -0.15) is 0 Å². The number of carbonyl (C=O) groups is 1. The molecule has 4 heteroatoms. The Morgan fingerprint density at radius 3 is 2.72 bits per heavy atom. The van der Waals surface area contributed by atoms with Crippen LogP contribution in [0.5, 0.6) is 5.75 Å². The Morgan fingerprint density at radius 2 is 1.96 bits per heavy atom. The third kappa shape index (κ3) is 2.75. The van der Waals surface area contributed by atoms with Gasteiger partial charge in [-0.3, -0.25) is 4.79 Å². The molecule has 3 unspecified atom stereocenters. The number of hydrogen-bond acceptors (Lipinski definition) is 3. The molecule has 1 aromatic rings. The van der Waals surface area contributed by atoms with E-state index in [2.05, 4.69) is 5.32 Å². The summed E-state index contributed by atoms with van der Waals surface area (Å²) in [5, 5.41) is 14.1. The van der Waals surface area contributed by atoms with Gasteiger partial charge in [0, 0.05) is 18.4 Å². The zero-order valence-corrected chi connectivity index (χ0v) is 14.7. The standard InChI is InChI=1S/C21H27NO3/c23-19(22-17-5-6-25-18-4-2-1-3-16(17)18)12-20-8-14-7-15(9-20)11-21(24,10-14)13-20/h1-4,14-15,17,24H,5-13H2,(H,22,23). The van der Waals surface area contributed by atoms with Crippen molar-refractivity contribution in [2.24, 2.45) is 17.3 Å². The van der Waals surface area contributed by atoms with Crippen LogP contribution in [-0.4, -0.2) is 23.2 Å². The van der Waals surface area contributed by atoms with Crippen LogP contribution in [0.1, 0.15) is 63.0 Å². The van der Waals surface area contributed by atoms with Crippen molar-refractivity contribution in [2.45, 2.75) is 63.0 Å². The molecule has 4 nitrogen and oxygen atoms in total. The Hall–Kier alpha value is -1.55. The molecule has 134 valence electrons. The number of amides is 1. The highest BCUT2D eigenvalue weighted by Gasteiger charge is 2.57. The van der Waals surface area contributed by atoms with E-state index in [1.54, 1.807) is 0 Å². The number of carbonyl (C=O) groups excluding carboxylic acids is 1. The third-order valence-corrected chi connectivity index (χ3v) is 6.98. The van der Waals surface area contributed by atoms with Gasteiger partial charge in [0.15, 0.2) is 0 Å². The van der Waals surface area contributed by atoms with E-state index in [0.717, 1.165) is 49.8 Å². The summed E-state index contributed by atoms with van der Waals surface area (Å²) in [6.45, 7) is 0.650. The molecule has 3 atom stereocenters. The number of hydrogen-bond donors (Lipinski definition) is 2. The lowest BCUT2D eigenvalue weighted by molar-refractivity contribution is -0.169. The first-order chi connectivity index (χ1) is 12.0. The van der Waals surface area contributed by atoms with Crippen LogP contribution in [0.3, 0.4) is 0 Å². The second kappa shape index (κ2) is 5.47. The molecule has 4 aliphatic carbocycles. The van der Waals surface area contributed by atoms with Crippen LogP contribution in [0.15, 0.2) is 24.3 Å². The predicted molar refractivity (Wildman–Crippen MR) is 94.1 cm³/mol. The monoisotopic (exact) mass is 341 g/mol. The fourth-order valence-corrected chi connectivity index (χ4v) is 6.69. The minimum absolute atomic E-state index is 0.0353. The summed E-state index contributed by atoms with van der Waals surface area (Å²) in [6, 6.07) is 8.05. The number of nitrogens with one attached hydrogen (secondary N) is 1. The van der Waals surface area contributed by atoms with Gasteiger partial charge in [0.1, 0.15) is 5.75 Å². The van der Waals surface area contributed by atoms with Crippen molar-refractivity contribution in [3.05, 3.63) is 29.8 Å². The highest BCUT2D eigenvalue weighted by atomic mass is 16.5. The molecule has 0 spiro atoms. The van der Waals surface area contributed by atoms with Crippen molar-refractivity contribution in [1.82, 2.24) is 5.32 Å². The summed E-state index contributed by atoms with van der Waals surface area (Å²) in [6.07, 6.45) is 7.66. The first kappa shape index (κ1) is 15.7. The fraction of sp³-hybridized carbons (Fsp3) is 0.667. The van der Waals surface area contributed by atoms with Crippen molar-refractivity contribution >= 4 is 5.91 Å². The minimum Gasteiger partial charge on any atom is -0.493 e. The highest BCUT2D eigenvalue weighted by molar-refractivity contribution is 5.77. The maximum Gasteiger partial charge on any atom is 0.221 e. The smallest absolute Gasteiger partial charge is 0.221 e. The van der Waals surface area contributed by atoms with E-state index < -0.39 is 5.60 Å². The van der Waals surface area contributed by atoms with E-state index in [1.807, 2.05) is 24.3 Å². The molecule has 0 saturated heterocycles. The molecule has 25 heavy (non-hydrogen) atoms. The first-order valence-electron chi connectivity index (χ1n) is 9.76. The molecule has 1 heterocycles. The molecule has 6 rings (SSSR count). The molecule has 1 aliphatic heterocycles. The predicted octanol–water partition coefficient (Wildman–Crippen LogP) is 3.35. The average molecular weight is 341 g/mol. The van der Waals surface area contributed by atoms with Gasteiger partial charge in [0.2, 0.25) is 5.91 Å². The molecule has 4 bridgehead atoms. The number of ether oxygens (including phenoxy) is 1. The summed E-state index contributed by atoms with van der Waals surface area (Å²) < 4.78 is 5.70. The molecule has 1 amide bonds. The number of benzene rings is 1. The van der Waals surface area contributed by atoms with Gasteiger partial charge in [-0.15, -0.1) is 0 Å². The molecule has 0 radical (unpaired) electrons. The van der Waals surface area contributed by atoms with E-state index in [4.69, 9.17) is 4.74 Å². The van der Waals surface area contributed by atoms with Crippen molar-refractivity contribution in [1.29, 1.82) is 0 Å². The van der Waals surface area contributed by atoms with Crippen LogP contribution < -0.4 is 10.1 Å². The van der Waals surface area contributed by atoms with Crippen LogP contribution in [0.25, 0.3) is 0 Å². The highest BCUT2D eigenvalue weighted by Crippen LogP contribution is 2.62. The second-order valence-electron chi connectivity index (χ2n) is 9.16. The van der Waals surface area contributed by atoms with E-state index >= 15 is 0 Å². The minimum atomic E-state index is -0.490. The normalized spacial score (nSPS) is 41.1. The zero-order valence-electron chi connectivity index (χ0n) is 14.7. The molecule has 0 aromatic heterocycles. The maximum absolute atomic E-state index is 12.9. The van der Waals surface area contributed by atoms with Gasteiger partial charge < -0.3 is 15.2 Å². The van der Waals surface area contributed by atoms with Gasteiger partial charge in [-0.05, 0) is 61.8 Å². The Balaban J connectivity index is 1.30. The molecule has 2 N–H and O–H groups in total. The lowest BCUT2D eigenvalue weighted by Gasteiger charge is -2.60. The van der Waals surface area contributed by atoms with Crippen molar-refractivity contribution in [2.75, 3.05) is 6.61 Å². The summed E-state index contributed by atoms with van der Waals surface area (Å²) in [7, 11) is 0. The van der Waals surface area contributed by atoms with E-state index in [9.17, 15) is 9.90 Å².